The van der Waals surface area contributed by atoms with Crippen LogP contribution in [0.2, 0.25) is 0 Å². The van der Waals surface area contributed by atoms with Crippen molar-refractivity contribution >= 4 is 35.1 Å². The molecule has 0 spiro atoms. The second-order valence-corrected chi connectivity index (χ2v) is 3.85. The number of benzene rings is 1. The molecule has 1 aromatic rings. The quantitative estimate of drug-likeness (QED) is 0.421. The average molecular weight is 223 g/mol. The van der Waals surface area contributed by atoms with E-state index < -0.39 is 16.3 Å². The summed E-state index contributed by atoms with van der Waals surface area (Å²) in [6.45, 7) is 0. The Morgan fingerprint density at radius 2 is 1.73 bits per heavy atom. The summed E-state index contributed by atoms with van der Waals surface area (Å²) in [5.74, 6) is 0. The molecule has 0 N–H and O–H groups in total. The van der Waals surface area contributed by atoms with Crippen molar-refractivity contribution in [1.29, 1.82) is 0 Å². The summed E-state index contributed by atoms with van der Waals surface area (Å²) in [6, 6.07) is 7.33. The first-order valence-corrected chi connectivity index (χ1v) is 5.04. The van der Waals surface area contributed by atoms with Gasteiger partial charge in [-0.3, -0.25) is 0 Å². The Hall–Kier alpha value is -0.963. The minimum atomic E-state index is -4.05. The zero-order valence-corrected chi connectivity index (χ0v) is 9.15. The van der Waals surface area contributed by atoms with E-state index in [1.807, 2.05) is 0 Å². The van der Waals surface area contributed by atoms with Gasteiger partial charge in [0.1, 0.15) is 4.90 Å². The summed E-state index contributed by atoms with van der Waals surface area (Å²) < 4.78 is 30.7. The van der Waals surface area contributed by atoms with Crippen LogP contribution in [0, 0.1) is 0 Å². The Morgan fingerprint density at radius 1 is 1.20 bits per heavy atom. The first-order chi connectivity index (χ1) is 6.56. The number of hydrogen-bond acceptors (Lipinski definition) is 5. The van der Waals surface area contributed by atoms with Crippen molar-refractivity contribution in [2.75, 3.05) is 7.11 Å². The molecule has 15 heavy (non-hydrogen) atoms. The minimum Gasteiger partial charge on any atom is -0.437 e. The second kappa shape index (κ2) is 5.81. The van der Waals surface area contributed by atoms with E-state index in [4.69, 9.17) is 0 Å². The maximum Gasteiger partial charge on any atom is 0.524 e. The molecule has 5 nitrogen and oxygen atoms in total. The zero-order valence-electron chi connectivity index (χ0n) is 8.34. The molecule has 1 rings (SSSR count). The molecule has 0 bridgehead atoms. The first-order valence-electron chi connectivity index (χ1n) is 3.64. The molecule has 0 fully saturated rings. The van der Waals surface area contributed by atoms with Crippen molar-refractivity contribution in [1.82, 2.24) is 0 Å². The molecular formula is C8H8LiO5S. The van der Waals surface area contributed by atoms with Gasteiger partial charge in [0.05, 0.1) is 7.11 Å². The van der Waals surface area contributed by atoms with Crippen LogP contribution in [-0.4, -0.2) is 40.5 Å². The molecule has 7 heteroatoms. The molecule has 0 atom stereocenters. The maximum atomic E-state index is 11.3. The Morgan fingerprint density at radius 3 is 2.20 bits per heavy atom. The third-order valence-corrected chi connectivity index (χ3v) is 2.58. The molecule has 0 saturated heterocycles. The van der Waals surface area contributed by atoms with Crippen LogP contribution >= 0.6 is 0 Å². The second-order valence-electron chi connectivity index (χ2n) is 2.30. The predicted octanol–water partition coefficient (Wildman–Crippen LogP) is 0.777. The van der Waals surface area contributed by atoms with Crippen molar-refractivity contribution in [3.05, 3.63) is 30.3 Å². The normalized spacial score (nSPS) is 9.93. The molecule has 0 aliphatic rings. The molecular weight excluding hydrogens is 215 g/mol. The van der Waals surface area contributed by atoms with Crippen molar-refractivity contribution in [2.45, 2.75) is 4.90 Å². The van der Waals surface area contributed by atoms with E-state index in [-0.39, 0.29) is 23.8 Å². The number of carbonyl (C=O) groups excluding carboxylic acids is 1. The number of methoxy groups -OCH3 is 1. The molecule has 0 aliphatic carbocycles. The SMILES string of the molecule is COC(=O)OS(=O)(=O)c1ccccc1.[Li]. The fourth-order valence-electron chi connectivity index (χ4n) is 0.759. The van der Waals surface area contributed by atoms with E-state index >= 15 is 0 Å². The van der Waals surface area contributed by atoms with Crippen LogP contribution in [0.1, 0.15) is 0 Å². The van der Waals surface area contributed by atoms with Gasteiger partial charge in [-0.05, 0) is 12.1 Å². The van der Waals surface area contributed by atoms with Gasteiger partial charge < -0.3 is 8.92 Å². The van der Waals surface area contributed by atoms with Crippen molar-refractivity contribution in [3.63, 3.8) is 0 Å². The van der Waals surface area contributed by atoms with Crippen molar-refractivity contribution in [3.8, 4) is 0 Å². The molecule has 0 heterocycles. The Kier molecular flexibility index (Phi) is 5.43. The van der Waals surface area contributed by atoms with Crippen LogP contribution in [0.4, 0.5) is 4.79 Å². The van der Waals surface area contributed by atoms with Crippen LogP contribution in [0.5, 0.6) is 0 Å². The molecule has 0 aromatic heterocycles. The van der Waals surface area contributed by atoms with Gasteiger partial charge in [-0.1, -0.05) is 18.2 Å². The van der Waals surface area contributed by atoms with Crippen LogP contribution < -0.4 is 0 Å². The van der Waals surface area contributed by atoms with Crippen molar-refractivity contribution < 1.29 is 22.1 Å². The van der Waals surface area contributed by atoms with E-state index in [1.165, 1.54) is 24.3 Å². The van der Waals surface area contributed by atoms with Crippen LogP contribution in [0.3, 0.4) is 0 Å². The van der Waals surface area contributed by atoms with Gasteiger partial charge in [0.25, 0.3) is 0 Å². The Bertz CT molecular complexity index is 414. The third kappa shape index (κ3) is 3.96. The largest absolute Gasteiger partial charge is 0.524 e. The van der Waals surface area contributed by atoms with Gasteiger partial charge in [-0.2, -0.15) is 8.42 Å². The van der Waals surface area contributed by atoms with E-state index in [0.29, 0.717) is 0 Å². The summed E-state index contributed by atoms with van der Waals surface area (Å²) in [6.07, 6.45) is -1.26. The van der Waals surface area contributed by atoms with Crippen LogP contribution in [-0.2, 0) is 19.0 Å². The standard InChI is InChI=1S/C8H8O5S.Li/c1-12-8(9)13-14(10,11)7-5-3-2-4-6-7;/h2-6H,1H3;. The summed E-state index contributed by atoms with van der Waals surface area (Å²) in [5, 5.41) is 0. The van der Waals surface area contributed by atoms with Gasteiger partial charge in [-0.15, -0.1) is 0 Å². The molecule has 1 radical (unpaired) electrons. The third-order valence-electron chi connectivity index (χ3n) is 1.38. The maximum absolute atomic E-state index is 11.3. The number of carbonyl (C=O) groups is 1. The zero-order chi connectivity index (χ0) is 10.6. The molecule has 1 aromatic carbocycles. The van der Waals surface area contributed by atoms with E-state index in [9.17, 15) is 13.2 Å². The van der Waals surface area contributed by atoms with E-state index in [1.54, 1.807) is 6.07 Å². The number of ether oxygens (including phenoxy) is 1. The number of rotatable bonds is 2. The fraction of sp³-hybridized carbons (Fsp3) is 0.125. The smallest absolute Gasteiger partial charge is 0.437 e. The topological polar surface area (TPSA) is 69.7 Å². The summed E-state index contributed by atoms with van der Waals surface area (Å²) in [5.41, 5.74) is 0. The number of hydrogen-bond donors (Lipinski definition) is 0. The van der Waals surface area contributed by atoms with E-state index in [0.717, 1.165) is 7.11 Å². The molecule has 0 unspecified atom stereocenters. The first kappa shape index (κ1) is 14.0. The van der Waals surface area contributed by atoms with Gasteiger partial charge >= 0.3 is 16.3 Å². The average Bonchev–Trinajstić information content (AvgIpc) is 2.18. The van der Waals surface area contributed by atoms with Gasteiger partial charge in [0, 0.05) is 18.9 Å². The van der Waals surface area contributed by atoms with Gasteiger partial charge in [0.15, 0.2) is 0 Å². The summed E-state index contributed by atoms with van der Waals surface area (Å²) >= 11 is 0. The Balaban J connectivity index is 0.00000196. The van der Waals surface area contributed by atoms with Crippen molar-refractivity contribution in [2.24, 2.45) is 0 Å². The molecule has 0 amide bonds. The van der Waals surface area contributed by atoms with Gasteiger partial charge in [-0.25, -0.2) is 4.79 Å². The predicted molar refractivity (Wildman–Crippen MR) is 52.9 cm³/mol. The van der Waals surface area contributed by atoms with Crippen LogP contribution in [0.25, 0.3) is 0 Å². The summed E-state index contributed by atoms with van der Waals surface area (Å²) in [4.78, 5) is 10.5. The van der Waals surface area contributed by atoms with E-state index in [2.05, 4.69) is 8.92 Å². The minimum absolute atomic E-state index is 0. The fourth-order valence-corrected chi connectivity index (χ4v) is 1.59. The van der Waals surface area contributed by atoms with Crippen LogP contribution in [0.15, 0.2) is 35.2 Å². The monoisotopic (exact) mass is 223 g/mol. The summed E-state index contributed by atoms with van der Waals surface area (Å²) in [7, 11) is -3.02. The molecule has 77 valence electrons. The Labute approximate surface area is 99.7 Å². The molecule has 0 aliphatic heterocycles. The van der Waals surface area contributed by atoms with Gasteiger partial charge in [0.2, 0.25) is 0 Å². The molecule has 0 saturated carbocycles.